The number of benzene rings is 2. The average molecular weight is 541 g/mol. The number of aromatic nitrogens is 3. The number of rotatable bonds is 12. The Morgan fingerprint density at radius 3 is 2.58 bits per heavy atom. The Morgan fingerprint density at radius 2 is 1.89 bits per heavy atom. The van der Waals surface area contributed by atoms with Crippen molar-refractivity contribution in [2.45, 2.75) is 32.1 Å². The maximum Gasteiger partial charge on any atom is 0.274 e. The molecule has 0 aliphatic rings. The molecular formula is C25H28N6O6S. The summed E-state index contributed by atoms with van der Waals surface area (Å²) in [6, 6.07) is 9.84. The van der Waals surface area contributed by atoms with Crippen molar-refractivity contribution in [3.63, 3.8) is 0 Å². The highest BCUT2D eigenvalue weighted by molar-refractivity contribution is 7.99. The molecule has 0 spiro atoms. The predicted molar refractivity (Wildman–Crippen MR) is 143 cm³/mol. The maximum atomic E-state index is 12.4. The third-order valence-corrected chi connectivity index (χ3v) is 6.35. The smallest absolute Gasteiger partial charge is 0.274 e. The molecule has 12 nitrogen and oxygen atoms in total. The zero-order chi connectivity index (χ0) is 27.7. The summed E-state index contributed by atoms with van der Waals surface area (Å²) in [6.07, 6.45) is 3.06. The molecule has 0 radical (unpaired) electrons. The molecule has 0 saturated carbocycles. The highest BCUT2D eigenvalue weighted by atomic mass is 32.2. The molecule has 0 saturated heterocycles. The van der Waals surface area contributed by atoms with Gasteiger partial charge >= 0.3 is 0 Å². The fourth-order valence-corrected chi connectivity index (χ4v) is 4.26. The number of thioether (sulfide) groups is 1. The third-order valence-electron chi connectivity index (χ3n) is 5.39. The van der Waals surface area contributed by atoms with Crippen molar-refractivity contribution in [1.29, 1.82) is 0 Å². The Kier molecular flexibility index (Phi) is 9.82. The van der Waals surface area contributed by atoms with Gasteiger partial charge in [-0.2, -0.15) is 0 Å². The van der Waals surface area contributed by atoms with Gasteiger partial charge in [-0.15, -0.1) is 10.2 Å². The summed E-state index contributed by atoms with van der Waals surface area (Å²) in [5.41, 5.74) is 1.56. The Hall–Kier alpha value is -4.39. The second-order valence-corrected chi connectivity index (χ2v) is 8.85. The summed E-state index contributed by atoms with van der Waals surface area (Å²) in [5, 5.41) is 25.3. The molecular weight excluding hydrogens is 512 g/mol. The molecule has 38 heavy (non-hydrogen) atoms. The minimum Gasteiger partial charge on any atom is -0.493 e. The van der Waals surface area contributed by atoms with Gasteiger partial charge in [-0.3, -0.25) is 19.7 Å². The number of hydrogen-bond acceptors (Lipinski definition) is 9. The van der Waals surface area contributed by atoms with E-state index in [0.29, 0.717) is 40.3 Å². The minimum absolute atomic E-state index is 0.0280. The highest BCUT2D eigenvalue weighted by Gasteiger charge is 2.15. The molecule has 0 fully saturated rings. The maximum absolute atomic E-state index is 12.4. The van der Waals surface area contributed by atoms with E-state index in [1.807, 2.05) is 6.92 Å². The van der Waals surface area contributed by atoms with Crippen molar-refractivity contribution >= 4 is 41.0 Å². The number of nitro groups is 1. The van der Waals surface area contributed by atoms with Crippen LogP contribution < -0.4 is 20.1 Å². The second-order valence-electron chi connectivity index (χ2n) is 7.90. The summed E-state index contributed by atoms with van der Waals surface area (Å²) in [4.78, 5) is 35.4. The monoisotopic (exact) mass is 540 g/mol. The van der Waals surface area contributed by atoms with E-state index < -0.39 is 4.92 Å². The number of anilines is 1. The normalized spacial score (nSPS) is 10.8. The van der Waals surface area contributed by atoms with Crippen molar-refractivity contribution in [3.05, 3.63) is 69.5 Å². The van der Waals surface area contributed by atoms with Gasteiger partial charge in [0.15, 0.2) is 22.5 Å². The van der Waals surface area contributed by atoms with Gasteiger partial charge in [0.25, 0.3) is 5.69 Å². The lowest BCUT2D eigenvalue weighted by Gasteiger charge is -2.09. The molecule has 0 atom stereocenters. The Balaban J connectivity index is 1.55. The van der Waals surface area contributed by atoms with Crippen LogP contribution >= 0.6 is 11.8 Å². The molecule has 2 aromatic carbocycles. The SMILES string of the molecule is CCn1c(CNC(=O)C=Cc2ccc(OC)c(OC)c2)nnc1SCC(=O)Nc1ccc(C)c([N+](=O)[O-])c1. The van der Waals surface area contributed by atoms with Gasteiger partial charge in [0.2, 0.25) is 11.8 Å². The molecule has 1 aromatic heterocycles. The fourth-order valence-electron chi connectivity index (χ4n) is 3.44. The van der Waals surface area contributed by atoms with E-state index in [-0.39, 0.29) is 29.8 Å². The van der Waals surface area contributed by atoms with Crippen LogP contribution in [0.15, 0.2) is 47.6 Å². The van der Waals surface area contributed by atoms with Gasteiger partial charge < -0.3 is 24.7 Å². The van der Waals surface area contributed by atoms with Gasteiger partial charge in [0.1, 0.15) is 0 Å². The van der Waals surface area contributed by atoms with E-state index in [1.54, 1.807) is 62.1 Å². The van der Waals surface area contributed by atoms with E-state index in [2.05, 4.69) is 20.8 Å². The van der Waals surface area contributed by atoms with E-state index in [0.717, 1.165) is 5.56 Å². The zero-order valence-corrected chi connectivity index (χ0v) is 22.2. The van der Waals surface area contributed by atoms with E-state index in [9.17, 15) is 19.7 Å². The van der Waals surface area contributed by atoms with Crippen LogP contribution in [-0.2, 0) is 22.7 Å². The lowest BCUT2D eigenvalue weighted by molar-refractivity contribution is -0.385. The molecule has 13 heteroatoms. The minimum atomic E-state index is -0.490. The largest absolute Gasteiger partial charge is 0.493 e. The number of amides is 2. The average Bonchev–Trinajstić information content (AvgIpc) is 3.31. The molecule has 0 aliphatic heterocycles. The van der Waals surface area contributed by atoms with Crippen molar-refractivity contribution in [2.24, 2.45) is 0 Å². The van der Waals surface area contributed by atoms with Crippen LogP contribution in [0.4, 0.5) is 11.4 Å². The standard InChI is InChI=1S/C25H28N6O6S/c1-5-30-22(14-26-23(32)11-8-17-7-10-20(36-3)21(12-17)37-4)28-29-25(30)38-15-24(33)27-18-9-6-16(2)19(13-18)31(34)35/h6-13H,5,14-15H2,1-4H3,(H,26,32)(H,27,33). The Morgan fingerprint density at radius 1 is 1.13 bits per heavy atom. The van der Waals surface area contributed by atoms with E-state index >= 15 is 0 Å². The molecule has 0 bridgehead atoms. The number of nitrogens with one attached hydrogen (secondary N) is 2. The molecule has 2 amide bonds. The first-order valence-electron chi connectivity index (χ1n) is 11.5. The zero-order valence-electron chi connectivity index (χ0n) is 21.4. The summed E-state index contributed by atoms with van der Waals surface area (Å²) >= 11 is 1.18. The number of ether oxygens (including phenoxy) is 2. The van der Waals surface area contributed by atoms with Crippen molar-refractivity contribution in [2.75, 3.05) is 25.3 Å². The van der Waals surface area contributed by atoms with Gasteiger partial charge in [0.05, 0.1) is 31.4 Å². The number of carbonyl (C=O) groups excluding carboxylic acids is 2. The molecule has 0 unspecified atom stereocenters. The molecule has 200 valence electrons. The number of aryl methyl sites for hydroxylation is 1. The van der Waals surface area contributed by atoms with Crippen LogP contribution in [0.25, 0.3) is 6.08 Å². The van der Waals surface area contributed by atoms with Crippen LogP contribution in [0.2, 0.25) is 0 Å². The van der Waals surface area contributed by atoms with E-state index in [4.69, 9.17) is 9.47 Å². The number of methoxy groups -OCH3 is 2. The first-order valence-corrected chi connectivity index (χ1v) is 12.5. The second kappa shape index (κ2) is 13.2. The molecule has 0 aliphatic carbocycles. The van der Waals surface area contributed by atoms with Crippen molar-refractivity contribution in [3.8, 4) is 11.5 Å². The molecule has 1 heterocycles. The van der Waals surface area contributed by atoms with Crippen molar-refractivity contribution < 1.29 is 24.0 Å². The van der Waals surface area contributed by atoms with Crippen LogP contribution in [0.3, 0.4) is 0 Å². The number of hydrogen-bond donors (Lipinski definition) is 2. The van der Waals surface area contributed by atoms with Crippen LogP contribution in [0.5, 0.6) is 11.5 Å². The van der Waals surface area contributed by atoms with E-state index in [1.165, 1.54) is 23.9 Å². The third kappa shape index (κ3) is 7.32. The Labute approximate surface area is 223 Å². The topological polar surface area (TPSA) is 151 Å². The highest BCUT2D eigenvalue weighted by Crippen LogP contribution is 2.28. The summed E-state index contributed by atoms with van der Waals surface area (Å²) in [7, 11) is 3.09. The lowest BCUT2D eigenvalue weighted by atomic mass is 10.2. The number of nitro benzene ring substituents is 1. The van der Waals surface area contributed by atoms with Crippen molar-refractivity contribution in [1.82, 2.24) is 20.1 Å². The van der Waals surface area contributed by atoms with Gasteiger partial charge in [-0.25, -0.2) is 0 Å². The quantitative estimate of drug-likeness (QED) is 0.152. The fraction of sp³-hybridized carbons (Fsp3) is 0.280. The molecule has 2 N–H and O–H groups in total. The number of carbonyl (C=O) groups is 2. The lowest BCUT2D eigenvalue weighted by Crippen LogP contribution is -2.22. The van der Waals surface area contributed by atoms with Crippen LogP contribution in [-0.4, -0.2) is 51.5 Å². The first kappa shape index (κ1) is 28.2. The first-order chi connectivity index (χ1) is 18.2. The summed E-state index contributed by atoms with van der Waals surface area (Å²) < 4.78 is 12.3. The molecule has 3 aromatic rings. The predicted octanol–water partition coefficient (Wildman–Crippen LogP) is 3.59. The van der Waals surface area contributed by atoms with Crippen LogP contribution in [0.1, 0.15) is 23.9 Å². The van der Waals surface area contributed by atoms with Gasteiger partial charge in [-0.1, -0.05) is 23.9 Å². The number of nitrogens with zero attached hydrogens (tertiary/aromatic N) is 4. The van der Waals surface area contributed by atoms with Gasteiger partial charge in [0, 0.05) is 29.9 Å². The summed E-state index contributed by atoms with van der Waals surface area (Å²) in [5.74, 6) is 1.07. The van der Waals surface area contributed by atoms with Gasteiger partial charge in [-0.05, 0) is 43.7 Å². The molecule has 3 rings (SSSR count). The van der Waals surface area contributed by atoms with Crippen LogP contribution in [0, 0.1) is 17.0 Å². The Bertz CT molecular complexity index is 1360. The summed E-state index contributed by atoms with van der Waals surface area (Å²) in [6.45, 7) is 4.22.